The molecule has 1 aliphatic rings. The van der Waals surface area contributed by atoms with Gasteiger partial charge in [-0.1, -0.05) is 29.0 Å². The van der Waals surface area contributed by atoms with Gasteiger partial charge >= 0.3 is 4.87 Å². The summed E-state index contributed by atoms with van der Waals surface area (Å²) in [5, 5.41) is 0.712. The fraction of sp³-hybridized carbons (Fsp3) is 0.333. The molecule has 1 aromatic carbocycles. The lowest BCUT2D eigenvalue weighted by Crippen LogP contribution is -2.48. The second kappa shape index (κ2) is 6.14. The first-order chi connectivity index (χ1) is 10.5. The molecule has 1 saturated heterocycles. The van der Waals surface area contributed by atoms with E-state index in [0.29, 0.717) is 28.7 Å². The maximum Gasteiger partial charge on any atom is 0.305 e. The fourth-order valence-electron chi connectivity index (χ4n) is 2.59. The van der Waals surface area contributed by atoms with Crippen LogP contribution in [0.25, 0.3) is 0 Å². The molecule has 1 aliphatic heterocycles. The largest absolute Gasteiger partial charge is 0.368 e. The first-order valence-corrected chi connectivity index (χ1v) is 8.23. The number of nitrogens with one attached hydrogen (secondary N) is 1. The molecule has 1 fully saturated rings. The number of aromatic amines is 1. The van der Waals surface area contributed by atoms with E-state index >= 15 is 0 Å². The summed E-state index contributed by atoms with van der Waals surface area (Å²) in [5.74, 6) is -0.0633. The standard InChI is InChI=1S/C15H16ClN3O2S/c1-10-13(22-15(21)17-10)14(20)19-7-5-18(6-8-19)12-4-2-3-11(16)9-12/h2-4,9H,5-8H2,1H3,(H,17,21). The van der Waals surface area contributed by atoms with E-state index in [1.807, 2.05) is 24.3 Å². The van der Waals surface area contributed by atoms with Crippen molar-refractivity contribution in [1.29, 1.82) is 0 Å². The predicted octanol–water partition coefficient (Wildman–Crippen LogP) is 2.36. The number of rotatable bonds is 2. The number of benzene rings is 1. The number of aryl methyl sites for hydroxylation is 1. The third-order valence-electron chi connectivity index (χ3n) is 3.76. The second-order valence-corrected chi connectivity index (χ2v) is 6.65. The number of hydrogen-bond acceptors (Lipinski definition) is 4. The molecular weight excluding hydrogens is 322 g/mol. The van der Waals surface area contributed by atoms with Gasteiger partial charge in [-0.25, -0.2) is 0 Å². The Balaban J connectivity index is 1.68. The minimum absolute atomic E-state index is 0.0633. The van der Waals surface area contributed by atoms with Gasteiger partial charge in [-0.05, 0) is 25.1 Å². The van der Waals surface area contributed by atoms with Crippen LogP contribution in [0.1, 0.15) is 15.4 Å². The lowest BCUT2D eigenvalue weighted by Gasteiger charge is -2.36. The molecule has 0 radical (unpaired) electrons. The van der Waals surface area contributed by atoms with Crippen LogP contribution in [-0.4, -0.2) is 42.0 Å². The van der Waals surface area contributed by atoms with Crippen LogP contribution in [0.4, 0.5) is 5.69 Å². The van der Waals surface area contributed by atoms with Crippen LogP contribution in [0, 0.1) is 6.92 Å². The molecular formula is C15H16ClN3O2S. The molecule has 0 saturated carbocycles. The molecule has 1 amide bonds. The third kappa shape index (κ3) is 3.03. The second-order valence-electron chi connectivity index (χ2n) is 5.23. The van der Waals surface area contributed by atoms with Gasteiger partial charge in [0.05, 0.1) is 0 Å². The number of halogens is 1. The van der Waals surface area contributed by atoms with Crippen molar-refractivity contribution in [3.8, 4) is 0 Å². The van der Waals surface area contributed by atoms with Crippen LogP contribution in [0.15, 0.2) is 29.1 Å². The van der Waals surface area contributed by atoms with E-state index < -0.39 is 0 Å². The van der Waals surface area contributed by atoms with Crippen molar-refractivity contribution >= 4 is 34.5 Å². The van der Waals surface area contributed by atoms with Crippen molar-refractivity contribution in [2.24, 2.45) is 0 Å². The van der Waals surface area contributed by atoms with Gasteiger partial charge in [-0.15, -0.1) is 0 Å². The van der Waals surface area contributed by atoms with Crippen LogP contribution in [0.2, 0.25) is 5.02 Å². The van der Waals surface area contributed by atoms with E-state index in [1.54, 1.807) is 11.8 Å². The summed E-state index contributed by atoms with van der Waals surface area (Å²) < 4.78 is 0. The molecule has 0 unspecified atom stereocenters. The number of piperazine rings is 1. The molecule has 0 atom stereocenters. The molecule has 1 aromatic heterocycles. The molecule has 116 valence electrons. The molecule has 2 heterocycles. The Morgan fingerprint density at radius 1 is 1.27 bits per heavy atom. The Labute approximate surface area is 137 Å². The Morgan fingerprint density at radius 2 is 2.00 bits per heavy atom. The summed E-state index contributed by atoms with van der Waals surface area (Å²) in [6.45, 7) is 4.54. The van der Waals surface area contributed by atoms with Gasteiger partial charge in [0.1, 0.15) is 4.88 Å². The SMILES string of the molecule is Cc1[nH]c(=O)sc1C(=O)N1CCN(c2cccc(Cl)c2)CC1. The smallest absolute Gasteiger partial charge is 0.305 e. The molecule has 2 aromatic rings. The summed E-state index contributed by atoms with van der Waals surface area (Å²) in [6, 6.07) is 7.73. The van der Waals surface area contributed by atoms with Crippen molar-refractivity contribution in [1.82, 2.24) is 9.88 Å². The topological polar surface area (TPSA) is 56.4 Å². The molecule has 3 rings (SSSR count). The minimum Gasteiger partial charge on any atom is -0.368 e. The van der Waals surface area contributed by atoms with E-state index in [2.05, 4.69) is 9.88 Å². The Hall–Kier alpha value is -1.79. The monoisotopic (exact) mass is 337 g/mol. The van der Waals surface area contributed by atoms with Crippen LogP contribution in [-0.2, 0) is 0 Å². The average molecular weight is 338 g/mol. The van der Waals surface area contributed by atoms with Gasteiger partial charge in [0.15, 0.2) is 0 Å². The summed E-state index contributed by atoms with van der Waals surface area (Å²) in [5.41, 5.74) is 1.72. The quantitative estimate of drug-likeness (QED) is 0.915. The van der Waals surface area contributed by atoms with Crippen molar-refractivity contribution in [2.75, 3.05) is 31.1 Å². The van der Waals surface area contributed by atoms with Gasteiger partial charge in [0.25, 0.3) is 5.91 Å². The van der Waals surface area contributed by atoms with Crippen LogP contribution >= 0.6 is 22.9 Å². The van der Waals surface area contributed by atoms with Crippen molar-refractivity contribution in [2.45, 2.75) is 6.92 Å². The first kappa shape index (κ1) is 15.1. The predicted molar refractivity (Wildman–Crippen MR) is 89.2 cm³/mol. The van der Waals surface area contributed by atoms with E-state index in [0.717, 1.165) is 30.1 Å². The Bertz CT molecular complexity index is 747. The zero-order chi connectivity index (χ0) is 15.7. The van der Waals surface area contributed by atoms with E-state index in [1.165, 1.54) is 0 Å². The highest BCUT2D eigenvalue weighted by Gasteiger charge is 2.25. The third-order valence-corrected chi connectivity index (χ3v) is 4.97. The van der Waals surface area contributed by atoms with Gasteiger partial charge < -0.3 is 14.8 Å². The molecule has 1 N–H and O–H groups in total. The number of nitrogens with zero attached hydrogens (tertiary/aromatic N) is 2. The lowest BCUT2D eigenvalue weighted by molar-refractivity contribution is 0.0750. The van der Waals surface area contributed by atoms with Gasteiger partial charge in [0, 0.05) is 42.6 Å². The maximum atomic E-state index is 12.5. The van der Waals surface area contributed by atoms with Crippen LogP contribution in [0.5, 0.6) is 0 Å². The number of anilines is 1. The highest BCUT2D eigenvalue weighted by molar-refractivity contribution is 7.11. The fourth-order valence-corrected chi connectivity index (χ4v) is 3.59. The van der Waals surface area contributed by atoms with E-state index in [4.69, 9.17) is 11.6 Å². The number of carbonyl (C=O) groups is 1. The molecule has 0 aliphatic carbocycles. The van der Waals surface area contributed by atoms with Gasteiger partial charge in [0.2, 0.25) is 0 Å². The maximum absolute atomic E-state index is 12.5. The van der Waals surface area contributed by atoms with Crippen molar-refractivity contribution in [3.05, 3.63) is 49.5 Å². The highest BCUT2D eigenvalue weighted by Crippen LogP contribution is 2.21. The number of amides is 1. The summed E-state index contributed by atoms with van der Waals surface area (Å²) in [7, 11) is 0. The number of thiazole rings is 1. The molecule has 5 nitrogen and oxygen atoms in total. The van der Waals surface area contributed by atoms with Crippen LogP contribution < -0.4 is 9.77 Å². The lowest BCUT2D eigenvalue weighted by atomic mass is 10.2. The average Bonchev–Trinajstić information content (AvgIpc) is 2.85. The number of hydrogen-bond donors (Lipinski definition) is 1. The normalized spacial score (nSPS) is 15.2. The van der Waals surface area contributed by atoms with Crippen molar-refractivity contribution < 1.29 is 4.79 Å². The Kier molecular flexibility index (Phi) is 4.22. The zero-order valence-electron chi connectivity index (χ0n) is 12.1. The zero-order valence-corrected chi connectivity index (χ0v) is 13.7. The summed E-state index contributed by atoms with van der Waals surface area (Å²) >= 11 is 7.00. The summed E-state index contributed by atoms with van der Waals surface area (Å²) in [4.78, 5) is 30.8. The molecule has 0 bridgehead atoms. The van der Waals surface area contributed by atoms with Gasteiger partial charge in [-0.2, -0.15) is 0 Å². The Morgan fingerprint density at radius 3 is 2.59 bits per heavy atom. The number of H-pyrrole nitrogens is 1. The van der Waals surface area contributed by atoms with Crippen molar-refractivity contribution in [3.63, 3.8) is 0 Å². The minimum atomic E-state index is -0.182. The first-order valence-electron chi connectivity index (χ1n) is 7.04. The molecule has 0 spiro atoms. The molecule has 22 heavy (non-hydrogen) atoms. The number of carbonyl (C=O) groups excluding carboxylic acids is 1. The van der Waals surface area contributed by atoms with Crippen LogP contribution in [0.3, 0.4) is 0 Å². The highest BCUT2D eigenvalue weighted by atomic mass is 35.5. The van der Waals surface area contributed by atoms with Gasteiger partial charge in [-0.3, -0.25) is 9.59 Å². The molecule has 7 heteroatoms. The van der Waals surface area contributed by atoms with E-state index in [9.17, 15) is 9.59 Å². The number of aromatic nitrogens is 1. The summed E-state index contributed by atoms with van der Waals surface area (Å²) in [6.07, 6.45) is 0. The van der Waals surface area contributed by atoms with E-state index in [-0.39, 0.29) is 10.8 Å².